The van der Waals surface area contributed by atoms with E-state index in [0.29, 0.717) is 5.92 Å². The first-order valence-electron chi connectivity index (χ1n) is 8.34. The van der Waals surface area contributed by atoms with Gasteiger partial charge in [0.15, 0.2) is 5.82 Å². The van der Waals surface area contributed by atoms with Gasteiger partial charge in [0.05, 0.1) is 22.9 Å². The lowest BCUT2D eigenvalue weighted by Gasteiger charge is -2.13. The van der Waals surface area contributed by atoms with Gasteiger partial charge in [-0.2, -0.15) is 0 Å². The summed E-state index contributed by atoms with van der Waals surface area (Å²) < 4.78 is 2.01. The van der Waals surface area contributed by atoms with Crippen molar-refractivity contribution >= 4 is 11.0 Å². The van der Waals surface area contributed by atoms with Gasteiger partial charge in [-0.15, -0.1) is 0 Å². The lowest BCUT2D eigenvalue weighted by Crippen LogP contribution is -2.14. The fraction of sp³-hybridized carbons (Fsp3) is 0.389. The molecule has 118 valence electrons. The van der Waals surface area contributed by atoms with Crippen molar-refractivity contribution in [2.24, 2.45) is 5.92 Å². The predicted molar refractivity (Wildman–Crippen MR) is 90.6 cm³/mol. The highest BCUT2D eigenvalue weighted by Gasteiger charge is 2.14. The van der Waals surface area contributed by atoms with Gasteiger partial charge in [0.2, 0.25) is 0 Å². The predicted octanol–water partition coefficient (Wildman–Crippen LogP) is 2.75. The number of fused-ring (bicyclic) bond motifs is 1. The van der Waals surface area contributed by atoms with E-state index < -0.39 is 0 Å². The van der Waals surface area contributed by atoms with Gasteiger partial charge in [-0.1, -0.05) is 12.1 Å². The molecule has 3 heterocycles. The SMILES string of the molecule is c1ccc2c(c1)ncn2-c1cncc(C[C@H]2CCCNCC2)n1. The minimum Gasteiger partial charge on any atom is -0.317 e. The maximum absolute atomic E-state index is 4.83. The highest BCUT2D eigenvalue weighted by molar-refractivity contribution is 5.76. The molecular formula is C18H21N5. The Kier molecular flexibility index (Phi) is 4.03. The van der Waals surface area contributed by atoms with Gasteiger partial charge in [-0.3, -0.25) is 9.55 Å². The molecule has 0 radical (unpaired) electrons. The summed E-state index contributed by atoms with van der Waals surface area (Å²) in [4.78, 5) is 13.7. The number of rotatable bonds is 3. The van der Waals surface area contributed by atoms with E-state index >= 15 is 0 Å². The number of hydrogen-bond donors (Lipinski definition) is 1. The van der Waals surface area contributed by atoms with Crippen LogP contribution in [0.2, 0.25) is 0 Å². The summed E-state index contributed by atoms with van der Waals surface area (Å²) in [6, 6.07) is 8.10. The highest BCUT2D eigenvalue weighted by atomic mass is 15.1. The molecule has 1 atom stereocenters. The molecule has 2 aromatic heterocycles. The van der Waals surface area contributed by atoms with Crippen molar-refractivity contribution in [2.75, 3.05) is 13.1 Å². The molecule has 1 aliphatic heterocycles. The quantitative estimate of drug-likeness (QED) is 0.808. The van der Waals surface area contributed by atoms with Crippen molar-refractivity contribution in [1.29, 1.82) is 0 Å². The standard InChI is InChI=1S/C18H21N5/c1-2-6-17-16(5-1)21-13-23(17)18-12-20-11-15(22-18)10-14-4-3-8-19-9-7-14/h1-2,5-6,11-14,19H,3-4,7-10H2/t14-/m0/s1. The molecule has 0 saturated carbocycles. The average molecular weight is 307 g/mol. The van der Waals surface area contributed by atoms with E-state index in [-0.39, 0.29) is 0 Å². The lowest BCUT2D eigenvalue weighted by molar-refractivity contribution is 0.464. The Labute approximate surface area is 135 Å². The molecule has 3 aromatic rings. The monoisotopic (exact) mass is 307 g/mol. The number of benzene rings is 1. The lowest BCUT2D eigenvalue weighted by atomic mass is 9.95. The number of hydrogen-bond acceptors (Lipinski definition) is 4. The van der Waals surface area contributed by atoms with Gasteiger partial charge in [0, 0.05) is 6.20 Å². The van der Waals surface area contributed by atoms with Crippen LogP contribution in [0.3, 0.4) is 0 Å². The molecule has 1 aromatic carbocycles. The fourth-order valence-corrected chi connectivity index (χ4v) is 3.34. The number of para-hydroxylation sites is 2. The fourth-order valence-electron chi connectivity index (χ4n) is 3.34. The molecule has 1 fully saturated rings. The van der Waals surface area contributed by atoms with Crippen molar-refractivity contribution in [2.45, 2.75) is 25.7 Å². The van der Waals surface area contributed by atoms with E-state index in [1.54, 1.807) is 0 Å². The number of aromatic nitrogens is 4. The van der Waals surface area contributed by atoms with Crippen LogP contribution in [0.15, 0.2) is 43.0 Å². The Bertz CT molecular complexity index is 787. The first-order chi connectivity index (χ1) is 11.4. The molecule has 5 heteroatoms. The van der Waals surface area contributed by atoms with Gasteiger partial charge < -0.3 is 5.32 Å². The molecule has 0 aliphatic carbocycles. The first-order valence-corrected chi connectivity index (χ1v) is 8.34. The second-order valence-electron chi connectivity index (χ2n) is 6.22. The summed E-state index contributed by atoms with van der Waals surface area (Å²) in [6.45, 7) is 2.26. The number of imidazole rings is 1. The Hall–Kier alpha value is -2.27. The molecule has 1 saturated heterocycles. The maximum Gasteiger partial charge on any atom is 0.157 e. The van der Waals surface area contributed by atoms with Crippen LogP contribution in [-0.2, 0) is 6.42 Å². The zero-order valence-corrected chi connectivity index (χ0v) is 13.2. The Morgan fingerprint density at radius 3 is 3.09 bits per heavy atom. The second kappa shape index (κ2) is 6.46. The normalized spacial score (nSPS) is 18.9. The van der Waals surface area contributed by atoms with Crippen LogP contribution in [0.4, 0.5) is 0 Å². The van der Waals surface area contributed by atoms with Crippen LogP contribution in [0.5, 0.6) is 0 Å². The van der Waals surface area contributed by atoms with Gasteiger partial charge in [-0.05, 0) is 56.8 Å². The van der Waals surface area contributed by atoms with E-state index in [4.69, 9.17) is 4.98 Å². The Morgan fingerprint density at radius 1 is 1.13 bits per heavy atom. The van der Waals surface area contributed by atoms with Crippen molar-refractivity contribution in [1.82, 2.24) is 24.8 Å². The van der Waals surface area contributed by atoms with Crippen LogP contribution in [0.1, 0.15) is 25.0 Å². The van der Waals surface area contributed by atoms with Crippen LogP contribution < -0.4 is 5.32 Å². The van der Waals surface area contributed by atoms with E-state index in [2.05, 4.69) is 21.4 Å². The van der Waals surface area contributed by atoms with Crippen LogP contribution in [0, 0.1) is 5.92 Å². The number of nitrogens with zero attached hydrogens (tertiary/aromatic N) is 4. The zero-order chi connectivity index (χ0) is 15.5. The summed E-state index contributed by atoms with van der Waals surface area (Å²) in [5, 5.41) is 3.47. The third kappa shape index (κ3) is 3.10. The number of nitrogens with one attached hydrogen (secondary N) is 1. The Balaban J connectivity index is 1.61. The molecule has 0 amide bonds. The van der Waals surface area contributed by atoms with Gasteiger partial charge in [0.25, 0.3) is 0 Å². The molecule has 0 unspecified atom stereocenters. The maximum atomic E-state index is 4.83. The third-order valence-corrected chi connectivity index (χ3v) is 4.57. The van der Waals surface area contributed by atoms with Gasteiger partial charge >= 0.3 is 0 Å². The molecule has 1 N–H and O–H groups in total. The minimum absolute atomic E-state index is 0.703. The van der Waals surface area contributed by atoms with E-state index in [1.165, 1.54) is 19.3 Å². The van der Waals surface area contributed by atoms with Crippen LogP contribution in [-0.4, -0.2) is 32.6 Å². The van der Waals surface area contributed by atoms with E-state index in [0.717, 1.165) is 42.1 Å². The summed E-state index contributed by atoms with van der Waals surface area (Å²) in [7, 11) is 0. The summed E-state index contributed by atoms with van der Waals surface area (Å²) >= 11 is 0. The summed E-state index contributed by atoms with van der Waals surface area (Å²) in [5.41, 5.74) is 3.12. The van der Waals surface area contributed by atoms with Gasteiger partial charge in [-0.25, -0.2) is 9.97 Å². The Morgan fingerprint density at radius 2 is 2.09 bits per heavy atom. The summed E-state index contributed by atoms with van der Waals surface area (Å²) in [6.07, 6.45) is 10.3. The second-order valence-corrected chi connectivity index (χ2v) is 6.22. The third-order valence-electron chi connectivity index (χ3n) is 4.57. The van der Waals surface area contributed by atoms with E-state index in [1.807, 2.05) is 41.5 Å². The molecule has 23 heavy (non-hydrogen) atoms. The van der Waals surface area contributed by atoms with Crippen LogP contribution in [0.25, 0.3) is 16.9 Å². The molecule has 0 bridgehead atoms. The van der Waals surface area contributed by atoms with E-state index in [9.17, 15) is 0 Å². The average Bonchev–Trinajstić information content (AvgIpc) is 2.85. The van der Waals surface area contributed by atoms with Crippen molar-refractivity contribution in [3.05, 3.63) is 48.7 Å². The molecule has 1 aliphatic rings. The topological polar surface area (TPSA) is 55.6 Å². The van der Waals surface area contributed by atoms with Crippen molar-refractivity contribution < 1.29 is 0 Å². The zero-order valence-electron chi connectivity index (χ0n) is 13.2. The largest absolute Gasteiger partial charge is 0.317 e. The smallest absolute Gasteiger partial charge is 0.157 e. The molecule has 5 nitrogen and oxygen atoms in total. The van der Waals surface area contributed by atoms with Crippen molar-refractivity contribution in [3.8, 4) is 5.82 Å². The minimum atomic E-state index is 0.703. The first kappa shape index (κ1) is 14.3. The molecule has 4 rings (SSSR count). The highest BCUT2D eigenvalue weighted by Crippen LogP contribution is 2.20. The molecular weight excluding hydrogens is 286 g/mol. The van der Waals surface area contributed by atoms with Crippen molar-refractivity contribution in [3.63, 3.8) is 0 Å². The summed E-state index contributed by atoms with van der Waals surface area (Å²) in [5.74, 6) is 1.55. The molecule has 0 spiro atoms. The van der Waals surface area contributed by atoms with Crippen LogP contribution >= 0.6 is 0 Å². The van der Waals surface area contributed by atoms with Gasteiger partial charge in [0.1, 0.15) is 6.33 Å².